The predicted molar refractivity (Wildman–Crippen MR) is 78.0 cm³/mol. The van der Waals surface area contributed by atoms with Gasteiger partial charge in [0.2, 0.25) is 0 Å². The third-order valence-corrected chi connectivity index (χ3v) is 3.81. The zero-order valence-corrected chi connectivity index (χ0v) is 12.0. The van der Waals surface area contributed by atoms with Crippen molar-refractivity contribution in [2.45, 2.75) is 44.1 Å². The van der Waals surface area contributed by atoms with Gasteiger partial charge in [-0.15, -0.1) is 0 Å². The van der Waals surface area contributed by atoms with E-state index in [9.17, 15) is 9.90 Å². The van der Waals surface area contributed by atoms with Crippen molar-refractivity contribution in [1.82, 2.24) is 5.32 Å². The van der Waals surface area contributed by atoms with Gasteiger partial charge in [-0.25, -0.2) is 0 Å². The first-order valence-electron chi connectivity index (χ1n) is 7.29. The molecular weight excluding hydrogens is 268 g/mol. The number of nitrogens with one attached hydrogen (secondary N) is 1. The Labute approximate surface area is 124 Å². The quantitative estimate of drug-likeness (QED) is 0.506. The second kappa shape index (κ2) is 7.09. The van der Waals surface area contributed by atoms with Crippen LogP contribution < -0.4 is 5.32 Å². The first kappa shape index (κ1) is 15.3. The van der Waals surface area contributed by atoms with E-state index in [1.807, 2.05) is 6.07 Å². The van der Waals surface area contributed by atoms with Crippen LogP contribution in [0, 0.1) is 11.3 Å². The fourth-order valence-corrected chi connectivity index (χ4v) is 2.57. The largest absolute Gasteiger partial charge is 0.465 e. The van der Waals surface area contributed by atoms with Crippen molar-refractivity contribution in [2.75, 3.05) is 6.54 Å². The Bertz CT molecular complexity index is 532. The van der Waals surface area contributed by atoms with Crippen molar-refractivity contribution in [2.24, 2.45) is 0 Å². The number of nitriles is 1. The second-order valence-electron chi connectivity index (χ2n) is 5.51. The highest BCUT2D eigenvalue weighted by atomic mass is 16.3. The summed E-state index contributed by atoms with van der Waals surface area (Å²) in [7, 11) is 0. The molecule has 112 valence electrons. The molecule has 0 spiro atoms. The van der Waals surface area contributed by atoms with E-state index in [-0.39, 0.29) is 12.1 Å². The maximum absolute atomic E-state index is 12.0. The summed E-state index contributed by atoms with van der Waals surface area (Å²) in [6, 6.07) is 5.22. The van der Waals surface area contributed by atoms with Crippen LogP contribution in [0.3, 0.4) is 0 Å². The molecule has 1 fully saturated rings. The van der Waals surface area contributed by atoms with Gasteiger partial charge >= 0.3 is 0 Å². The highest BCUT2D eigenvalue weighted by molar-refractivity contribution is 6.01. The van der Waals surface area contributed by atoms with Crippen LogP contribution in [0.15, 0.2) is 28.4 Å². The number of hydrogen-bond acceptors (Lipinski definition) is 4. The van der Waals surface area contributed by atoms with Crippen LogP contribution in [0.2, 0.25) is 0 Å². The molecule has 0 saturated heterocycles. The molecule has 0 radical (unpaired) electrons. The van der Waals surface area contributed by atoms with Gasteiger partial charge in [-0.1, -0.05) is 25.7 Å². The minimum Gasteiger partial charge on any atom is -0.465 e. The molecule has 1 aromatic heterocycles. The lowest BCUT2D eigenvalue weighted by Gasteiger charge is -2.26. The smallest absolute Gasteiger partial charge is 0.262 e. The third-order valence-electron chi connectivity index (χ3n) is 3.81. The average Bonchev–Trinajstić information content (AvgIpc) is 2.90. The van der Waals surface area contributed by atoms with Gasteiger partial charge in [0.15, 0.2) is 0 Å². The van der Waals surface area contributed by atoms with Crippen molar-refractivity contribution in [3.05, 3.63) is 29.7 Å². The van der Waals surface area contributed by atoms with Gasteiger partial charge < -0.3 is 14.8 Å². The van der Waals surface area contributed by atoms with E-state index in [2.05, 4.69) is 5.32 Å². The zero-order chi connectivity index (χ0) is 15.1. The van der Waals surface area contributed by atoms with Crippen LogP contribution in [0.1, 0.15) is 44.3 Å². The Morgan fingerprint density at radius 2 is 2.14 bits per heavy atom. The van der Waals surface area contributed by atoms with Crippen molar-refractivity contribution in [3.63, 3.8) is 0 Å². The number of nitrogens with zero attached hydrogens (tertiary/aromatic N) is 1. The Hall–Kier alpha value is -2.06. The number of furan rings is 1. The van der Waals surface area contributed by atoms with E-state index in [1.54, 1.807) is 12.1 Å². The summed E-state index contributed by atoms with van der Waals surface area (Å²) in [5.41, 5.74) is -0.876. The fourth-order valence-electron chi connectivity index (χ4n) is 2.57. The highest BCUT2D eigenvalue weighted by Gasteiger charge is 2.28. The molecule has 1 aromatic rings. The van der Waals surface area contributed by atoms with Gasteiger partial charge in [0.05, 0.1) is 11.9 Å². The number of hydrogen-bond donors (Lipinski definition) is 2. The summed E-state index contributed by atoms with van der Waals surface area (Å²) in [5.74, 6) is -0.0264. The first-order valence-corrected chi connectivity index (χ1v) is 7.29. The summed E-state index contributed by atoms with van der Waals surface area (Å²) < 4.78 is 5.09. The molecule has 0 aliphatic heterocycles. The molecule has 5 heteroatoms. The minimum absolute atomic E-state index is 0.0258. The molecule has 1 aliphatic rings. The van der Waals surface area contributed by atoms with Crippen molar-refractivity contribution in [3.8, 4) is 6.07 Å². The van der Waals surface area contributed by atoms with Gasteiger partial charge in [0.1, 0.15) is 17.4 Å². The topological polar surface area (TPSA) is 86.3 Å². The Kier molecular flexibility index (Phi) is 5.18. The van der Waals surface area contributed by atoms with Crippen LogP contribution in [0.4, 0.5) is 0 Å². The first-order chi connectivity index (χ1) is 10.1. The number of carbonyl (C=O) groups excluding carboxylic acids is 1. The van der Waals surface area contributed by atoms with Gasteiger partial charge in [-0.3, -0.25) is 4.79 Å². The van der Waals surface area contributed by atoms with E-state index in [0.29, 0.717) is 18.6 Å². The standard InChI is InChI=1S/C16H20N2O3/c17-11-13(10-14-6-5-9-21-14)15(19)18-12-16(20)7-3-1-2-4-8-16/h5-6,9-10,20H,1-4,7-8,12H2,(H,18,19). The second-order valence-corrected chi connectivity index (χ2v) is 5.51. The lowest BCUT2D eigenvalue weighted by molar-refractivity contribution is -0.118. The van der Waals surface area contributed by atoms with Gasteiger partial charge in [0, 0.05) is 12.6 Å². The molecule has 2 N–H and O–H groups in total. The number of rotatable bonds is 4. The van der Waals surface area contributed by atoms with E-state index in [1.165, 1.54) is 12.3 Å². The molecule has 0 bridgehead atoms. The normalized spacial score (nSPS) is 18.6. The molecule has 2 rings (SSSR count). The minimum atomic E-state index is -0.850. The molecule has 0 unspecified atom stereocenters. The Morgan fingerprint density at radius 1 is 1.43 bits per heavy atom. The van der Waals surface area contributed by atoms with Crippen LogP contribution in [0.25, 0.3) is 6.08 Å². The van der Waals surface area contributed by atoms with E-state index in [0.717, 1.165) is 25.7 Å². The number of aliphatic hydroxyl groups is 1. The lowest BCUT2D eigenvalue weighted by Crippen LogP contribution is -2.42. The molecule has 21 heavy (non-hydrogen) atoms. The molecule has 1 amide bonds. The number of amides is 1. The van der Waals surface area contributed by atoms with Crippen molar-refractivity contribution in [1.29, 1.82) is 5.26 Å². The van der Waals surface area contributed by atoms with Gasteiger partial charge in [0.25, 0.3) is 5.91 Å². The summed E-state index contributed by atoms with van der Waals surface area (Å²) >= 11 is 0. The monoisotopic (exact) mass is 288 g/mol. The molecule has 1 aliphatic carbocycles. The SMILES string of the molecule is N#CC(=Cc1ccco1)C(=O)NCC1(O)CCCCCC1. The molecule has 0 aromatic carbocycles. The van der Waals surface area contributed by atoms with Gasteiger partial charge in [-0.05, 0) is 25.0 Å². The Balaban J connectivity index is 1.95. The van der Waals surface area contributed by atoms with Crippen LogP contribution in [0.5, 0.6) is 0 Å². The highest BCUT2D eigenvalue weighted by Crippen LogP contribution is 2.26. The molecular formula is C16H20N2O3. The van der Waals surface area contributed by atoms with E-state index < -0.39 is 11.5 Å². The zero-order valence-electron chi connectivity index (χ0n) is 12.0. The Morgan fingerprint density at radius 3 is 2.71 bits per heavy atom. The van der Waals surface area contributed by atoms with Crippen molar-refractivity contribution >= 4 is 12.0 Å². The lowest BCUT2D eigenvalue weighted by atomic mass is 9.94. The van der Waals surface area contributed by atoms with E-state index in [4.69, 9.17) is 9.68 Å². The molecule has 1 saturated carbocycles. The third kappa shape index (κ3) is 4.47. The summed E-state index contributed by atoms with van der Waals surface area (Å²) in [6.07, 6.45) is 8.45. The molecule has 5 nitrogen and oxygen atoms in total. The van der Waals surface area contributed by atoms with Crippen LogP contribution >= 0.6 is 0 Å². The average molecular weight is 288 g/mol. The number of carbonyl (C=O) groups is 1. The predicted octanol–water partition coefficient (Wildman–Crippen LogP) is 2.39. The maximum atomic E-state index is 12.0. The molecule has 1 heterocycles. The van der Waals surface area contributed by atoms with E-state index >= 15 is 0 Å². The van der Waals surface area contributed by atoms with Crippen LogP contribution in [-0.2, 0) is 4.79 Å². The molecule has 0 atom stereocenters. The summed E-state index contributed by atoms with van der Waals surface area (Å²) in [4.78, 5) is 12.0. The van der Waals surface area contributed by atoms with Crippen LogP contribution in [-0.4, -0.2) is 23.2 Å². The fraction of sp³-hybridized carbons (Fsp3) is 0.500. The van der Waals surface area contributed by atoms with Crippen molar-refractivity contribution < 1.29 is 14.3 Å². The summed E-state index contributed by atoms with van der Waals surface area (Å²) in [6.45, 7) is 0.184. The maximum Gasteiger partial charge on any atom is 0.262 e. The van der Waals surface area contributed by atoms with Gasteiger partial charge in [-0.2, -0.15) is 5.26 Å². The summed E-state index contributed by atoms with van der Waals surface area (Å²) in [5, 5.41) is 22.2.